The molecule has 0 aliphatic carbocycles. The van der Waals surface area contributed by atoms with Crippen LogP contribution in [0.5, 0.6) is 0 Å². The molecule has 1 fully saturated rings. The number of anilines is 1. The van der Waals surface area contributed by atoms with Gasteiger partial charge in [-0.25, -0.2) is 4.98 Å². The van der Waals surface area contributed by atoms with Crippen LogP contribution in [0.2, 0.25) is 0 Å². The first-order chi connectivity index (χ1) is 12.3. The fraction of sp³-hybridized carbons (Fsp3) is 0.263. The third kappa shape index (κ3) is 3.80. The molecule has 2 heterocycles. The van der Waals surface area contributed by atoms with Crippen LogP contribution in [-0.2, 0) is 4.79 Å². The number of amides is 1. The normalized spacial score (nSPS) is 14.9. The SMILES string of the molecule is O=C(CSc1nc2ccccc2s1)N1CCN(c2ccccc2)CC1. The molecular formula is C19H19N3OS2. The quantitative estimate of drug-likeness (QED) is 0.657. The van der Waals surface area contributed by atoms with Crippen molar-refractivity contribution in [1.29, 1.82) is 0 Å². The Morgan fingerprint density at radius 1 is 1.00 bits per heavy atom. The summed E-state index contributed by atoms with van der Waals surface area (Å²) in [5, 5.41) is 0. The Balaban J connectivity index is 1.30. The van der Waals surface area contributed by atoms with Crippen LogP contribution in [0.1, 0.15) is 0 Å². The second-order valence-electron chi connectivity index (χ2n) is 5.94. The van der Waals surface area contributed by atoms with E-state index in [4.69, 9.17) is 0 Å². The highest BCUT2D eigenvalue weighted by Crippen LogP contribution is 2.29. The molecule has 0 N–H and O–H groups in total. The number of carbonyl (C=O) groups is 1. The van der Waals surface area contributed by atoms with E-state index in [9.17, 15) is 4.79 Å². The summed E-state index contributed by atoms with van der Waals surface area (Å²) in [4.78, 5) is 21.4. The first-order valence-corrected chi connectivity index (χ1v) is 10.2. The molecule has 3 aromatic rings. The van der Waals surface area contributed by atoms with Crippen molar-refractivity contribution in [1.82, 2.24) is 9.88 Å². The first kappa shape index (κ1) is 16.4. The highest BCUT2D eigenvalue weighted by atomic mass is 32.2. The number of carbonyl (C=O) groups excluding carboxylic acids is 1. The summed E-state index contributed by atoms with van der Waals surface area (Å²) in [6, 6.07) is 18.5. The van der Waals surface area contributed by atoms with Gasteiger partial charge < -0.3 is 9.80 Å². The number of benzene rings is 2. The fourth-order valence-corrected chi connectivity index (χ4v) is 4.95. The number of hydrogen-bond acceptors (Lipinski definition) is 5. The van der Waals surface area contributed by atoms with Crippen LogP contribution in [0.3, 0.4) is 0 Å². The van der Waals surface area contributed by atoms with E-state index in [1.807, 2.05) is 29.2 Å². The van der Waals surface area contributed by atoms with Gasteiger partial charge in [-0.1, -0.05) is 42.1 Å². The fourth-order valence-electron chi connectivity index (χ4n) is 2.98. The number of fused-ring (bicyclic) bond motifs is 1. The molecular weight excluding hydrogens is 350 g/mol. The van der Waals surface area contributed by atoms with Crippen molar-refractivity contribution in [3.05, 3.63) is 54.6 Å². The minimum atomic E-state index is 0.206. The van der Waals surface area contributed by atoms with Crippen LogP contribution in [-0.4, -0.2) is 47.7 Å². The molecule has 0 unspecified atom stereocenters. The van der Waals surface area contributed by atoms with Gasteiger partial charge in [0.15, 0.2) is 4.34 Å². The molecule has 6 heteroatoms. The van der Waals surface area contributed by atoms with Crippen molar-refractivity contribution in [2.45, 2.75) is 4.34 Å². The summed E-state index contributed by atoms with van der Waals surface area (Å²) in [6.45, 7) is 3.35. The van der Waals surface area contributed by atoms with E-state index in [-0.39, 0.29) is 5.91 Å². The zero-order valence-electron chi connectivity index (χ0n) is 13.8. The van der Waals surface area contributed by atoms with Gasteiger partial charge in [-0.05, 0) is 24.3 Å². The summed E-state index contributed by atoms with van der Waals surface area (Å²) in [7, 11) is 0. The second kappa shape index (κ2) is 7.45. The van der Waals surface area contributed by atoms with Crippen LogP contribution >= 0.6 is 23.1 Å². The second-order valence-corrected chi connectivity index (χ2v) is 8.19. The molecule has 25 heavy (non-hydrogen) atoms. The summed E-state index contributed by atoms with van der Waals surface area (Å²) < 4.78 is 2.14. The molecule has 0 bridgehead atoms. The molecule has 2 aromatic carbocycles. The van der Waals surface area contributed by atoms with Gasteiger partial charge in [0, 0.05) is 31.9 Å². The van der Waals surface area contributed by atoms with Crippen molar-refractivity contribution < 1.29 is 4.79 Å². The molecule has 0 spiro atoms. The molecule has 1 aromatic heterocycles. The maximum atomic E-state index is 12.5. The summed E-state index contributed by atoms with van der Waals surface area (Å²) in [5.41, 5.74) is 2.25. The standard InChI is InChI=1S/C19H19N3OS2/c23-18(14-24-19-20-16-8-4-5-9-17(16)25-19)22-12-10-21(11-13-22)15-6-2-1-3-7-15/h1-9H,10-14H2. The largest absolute Gasteiger partial charge is 0.368 e. The number of aromatic nitrogens is 1. The molecule has 1 saturated heterocycles. The van der Waals surface area contributed by atoms with E-state index in [1.54, 1.807) is 23.1 Å². The average molecular weight is 370 g/mol. The number of nitrogens with zero attached hydrogens (tertiary/aromatic N) is 3. The maximum Gasteiger partial charge on any atom is 0.233 e. The van der Waals surface area contributed by atoms with Gasteiger partial charge in [-0.3, -0.25) is 4.79 Å². The van der Waals surface area contributed by atoms with E-state index in [0.717, 1.165) is 36.0 Å². The lowest BCUT2D eigenvalue weighted by atomic mass is 10.2. The topological polar surface area (TPSA) is 36.4 Å². The lowest BCUT2D eigenvalue weighted by Gasteiger charge is -2.36. The van der Waals surface area contributed by atoms with Gasteiger partial charge in [0.2, 0.25) is 5.91 Å². The van der Waals surface area contributed by atoms with Gasteiger partial charge in [-0.2, -0.15) is 0 Å². The van der Waals surface area contributed by atoms with Crippen LogP contribution < -0.4 is 4.90 Å². The van der Waals surface area contributed by atoms with Crippen molar-refractivity contribution in [2.75, 3.05) is 36.8 Å². The van der Waals surface area contributed by atoms with Gasteiger partial charge in [-0.15, -0.1) is 11.3 Å². The first-order valence-electron chi connectivity index (χ1n) is 8.36. The minimum Gasteiger partial charge on any atom is -0.368 e. The molecule has 128 valence electrons. The predicted octanol–water partition coefficient (Wildman–Crippen LogP) is 3.74. The predicted molar refractivity (Wildman–Crippen MR) is 106 cm³/mol. The van der Waals surface area contributed by atoms with E-state index in [1.165, 1.54) is 10.4 Å². The minimum absolute atomic E-state index is 0.206. The monoisotopic (exact) mass is 369 g/mol. The molecule has 4 nitrogen and oxygen atoms in total. The van der Waals surface area contributed by atoms with Gasteiger partial charge >= 0.3 is 0 Å². The zero-order chi connectivity index (χ0) is 17.1. The molecule has 0 atom stereocenters. The van der Waals surface area contributed by atoms with Gasteiger partial charge in [0.05, 0.1) is 16.0 Å². The van der Waals surface area contributed by atoms with E-state index < -0.39 is 0 Å². The van der Waals surface area contributed by atoms with Crippen LogP contribution in [0, 0.1) is 0 Å². The number of thioether (sulfide) groups is 1. The maximum absolute atomic E-state index is 12.5. The highest BCUT2D eigenvalue weighted by Gasteiger charge is 2.21. The number of rotatable bonds is 4. The third-order valence-corrected chi connectivity index (χ3v) is 6.51. The lowest BCUT2D eigenvalue weighted by molar-refractivity contribution is -0.128. The Kier molecular flexibility index (Phi) is 4.90. The Hall–Kier alpha value is -2.05. The summed E-state index contributed by atoms with van der Waals surface area (Å²) in [6.07, 6.45) is 0. The zero-order valence-corrected chi connectivity index (χ0v) is 15.4. The molecule has 1 amide bonds. The van der Waals surface area contributed by atoms with E-state index in [2.05, 4.69) is 40.2 Å². The van der Waals surface area contributed by atoms with E-state index >= 15 is 0 Å². The Bertz CT molecular complexity index is 824. The smallest absolute Gasteiger partial charge is 0.233 e. The summed E-state index contributed by atoms with van der Waals surface area (Å²) >= 11 is 3.20. The molecule has 4 rings (SSSR count). The summed E-state index contributed by atoms with van der Waals surface area (Å²) in [5.74, 6) is 0.669. The number of thiazole rings is 1. The van der Waals surface area contributed by atoms with Crippen molar-refractivity contribution in [3.63, 3.8) is 0 Å². The Labute approximate surface area is 155 Å². The third-order valence-electron chi connectivity index (χ3n) is 4.35. The van der Waals surface area contributed by atoms with Crippen LogP contribution in [0.25, 0.3) is 10.2 Å². The van der Waals surface area contributed by atoms with Crippen LogP contribution in [0.4, 0.5) is 5.69 Å². The number of piperazine rings is 1. The van der Waals surface area contributed by atoms with Crippen LogP contribution in [0.15, 0.2) is 58.9 Å². The van der Waals surface area contributed by atoms with Gasteiger partial charge in [0.1, 0.15) is 0 Å². The Morgan fingerprint density at radius 3 is 2.48 bits per heavy atom. The van der Waals surface area contributed by atoms with Gasteiger partial charge in [0.25, 0.3) is 0 Å². The number of para-hydroxylation sites is 2. The highest BCUT2D eigenvalue weighted by molar-refractivity contribution is 8.01. The van der Waals surface area contributed by atoms with Crippen molar-refractivity contribution in [2.24, 2.45) is 0 Å². The lowest BCUT2D eigenvalue weighted by Crippen LogP contribution is -2.49. The van der Waals surface area contributed by atoms with Crippen molar-refractivity contribution in [3.8, 4) is 0 Å². The number of hydrogen-bond donors (Lipinski definition) is 0. The molecule has 0 saturated carbocycles. The Morgan fingerprint density at radius 2 is 1.72 bits per heavy atom. The average Bonchev–Trinajstić information content (AvgIpc) is 3.10. The molecule has 1 aliphatic rings. The molecule has 0 radical (unpaired) electrons. The van der Waals surface area contributed by atoms with Crippen molar-refractivity contribution >= 4 is 44.9 Å². The van der Waals surface area contributed by atoms with E-state index in [0.29, 0.717) is 5.75 Å². The molecule has 1 aliphatic heterocycles.